The van der Waals surface area contributed by atoms with Gasteiger partial charge in [0.1, 0.15) is 12.1 Å². The minimum absolute atomic E-state index is 0.00438. The van der Waals surface area contributed by atoms with Crippen molar-refractivity contribution >= 4 is 23.7 Å². The molecular weight excluding hydrogens is 364 g/mol. The van der Waals surface area contributed by atoms with E-state index in [0.717, 1.165) is 23.3 Å². The molecule has 26 heavy (non-hydrogen) atoms. The van der Waals surface area contributed by atoms with E-state index >= 15 is 0 Å². The quantitative estimate of drug-likeness (QED) is 0.819. The van der Waals surface area contributed by atoms with Crippen molar-refractivity contribution < 1.29 is 29.3 Å². The number of aliphatic carboxylic acids is 1. The fourth-order valence-electron chi connectivity index (χ4n) is 4.21. The lowest BCUT2D eigenvalue weighted by Crippen LogP contribution is -2.39. The Kier molecular flexibility index (Phi) is 4.19. The second kappa shape index (κ2) is 6.28. The number of hydrogen-bond donors (Lipinski definition) is 2. The summed E-state index contributed by atoms with van der Waals surface area (Å²) in [6.45, 7) is 1.36. The van der Waals surface area contributed by atoms with E-state index in [9.17, 15) is 19.8 Å². The van der Waals surface area contributed by atoms with Crippen LogP contribution in [0.1, 0.15) is 24.8 Å². The van der Waals surface area contributed by atoms with Gasteiger partial charge in [0.25, 0.3) is 0 Å². The molecule has 140 valence electrons. The highest BCUT2D eigenvalue weighted by atomic mass is 35.5. The van der Waals surface area contributed by atoms with Crippen LogP contribution in [0.15, 0.2) is 12.3 Å². The van der Waals surface area contributed by atoms with Gasteiger partial charge in [0.2, 0.25) is 5.88 Å². The summed E-state index contributed by atoms with van der Waals surface area (Å²) in [6, 6.07) is 0.747. The molecule has 1 saturated carbocycles. The molecule has 0 spiro atoms. The van der Waals surface area contributed by atoms with Crippen molar-refractivity contribution in [1.29, 1.82) is 0 Å². The van der Waals surface area contributed by atoms with Gasteiger partial charge < -0.3 is 19.7 Å². The molecule has 3 heterocycles. The summed E-state index contributed by atoms with van der Waals surface area (Å²) in [4.78, 5) is 27.8. The molecule has 2 saturated heterocycles. The molecule has 3 aliphatic rings. The molecule has 2 N–H and O–H groups in total. The van der Waals surface area contributed by atoms with Crippen LogP contribution < -0.4 is 4.74 Å². The Morgan fingerprint density at radius 2 is 2.23 bits per heavy atom. The lowest BCUT2D eigenvalue weighted by atomic mass is 9.89. The zero-order valence-electron chi connectivity index (χ0n) is 13.9. The fraction of sp³-hybridized carbons (Fsp3) is 0.588. The van der Waals surface area contributed by atoms with E-state index in [0.29, 0.717) is 30.0 Å². The van der Waals surface area contributed by atoms with Crippen molar-refractivity contribution in [2.75, 3.05) is 19.8 Å². The number of nitrogens with zero attached hydrogens (tertiary/aromatic N) is 2. The number of rotatable bonds is 4. The first-order valence-electron chi connectivity index (χ1n) is 8.53. The second-order valence-electron chi connectivity index (χ2n) is 7.15. The van der Waals surface area contributed by atoms with Crippen LogP contribution in [-0.2, 0) is 14.9 Å². The van der Waals surface area contributed by atoms with E-state index in [-0.39, 0.29) is 18.4 Å². The maximum atomic E-state index is 11.3. The monoisotopic (exact) mass is 382 g/mol. The van der Waals surface area contributed by atoms with Crippen LogP contribution in [0, 0.1) is 5.92 Å². The van der Waals surface area contributed by atoms with Gasteiger partial charge in [0.15, 0.2) is 0 Å². The summed E-state index contributed by atoms with van der Waals surface area (Å²) in [6.07, 6.45) is 1.59. The van der Waals surface area contributed by atoms with E-state index in [1.807, 2.05) is 6.07 Å². The summed E-state index contributed by atoms with van der Waals surface area (Å²) < 4.78 is 11.5. The van der Waals surface area contributed by atoms with Crippen molar-refractivity contribution in [3.05, 3.63) is 22.8 Å². The smallest absolute Gasteiger partial charge is 0.408 e. The summed E-state index contributed by atoms with van der Waals surface area (Å²) >= 11 is 6.15. The number of fused-ring (bicyclic) bond motifs is 1. The number of amides is 1. The molecular formula is C17H19ClN2O6. The molecule has 4 rings (SSSR count). The Morgan fingerprint density at radius 3 is 2.88 bits per heavy atom. The average Bonchev–Trinajstić information content (AvgIpc) is 3.20. The number of aromatic nitrogens is 1. The van der Waals surface area contributed by atoms with Crippen LogP contribution >= 0.6 is 11.6 Å². The van der Waals surface area contributed by atoms with Crippen LogP contribution in [0.25, 0.3) is 0 Å². The van der Waals surface area contributed by atoms with Gasteiger partial charge in [0, 0.05) is 30.2 Å². The summed E-state index contributed by atoms with van der Waals surface area (Å²) in [7, 11) is 0. The molecule has 9 heteroatoms. The Bertz CT molecular complexity index is 737. The first-order chi connectivity index (χ1) is 12.4. The van der Waals surface area contributed by atoms with E-state index in [2.05, 4.69) is 4.98 Å². The molecule has 1 amide bonds. The number of carbonyl (C=O) groups is 2. The SMILES string of the molecule is O=C(O)[C@@H]1C[C@H](Oc2ncc(Cl)cc2C23CCOCC2C3)CN1C(=O)O. The minimum Gasteiger partial charge on any atom is -0.480 e. The summed E-state index contributed by atoms with van der Waals surface area (Å²) in [5, 5.41) is 19.0. The zero-order valence-corrected chi connectivity index (χ0v) is 14.7. The maximum absolute atomic E-state index is 11.3. The van der Waals surface area contributed by atoms with E-state index in [4.69, 9.17) is 21.1 Å². The van der Waals surface area contributed by atoms with Gasteiger partial charge in [-0.2, -0.15) is 0 Å². The molecule has 0 radical (unpaired) electrons. The van der Waals surface area contributed by atoms with Crippen molar-refractivity contribution in [2.45, 2.75) is 36.8 Å². The van der Waals surface area contributed by atoms with Gasteiger partial charge in [0.05, 0.1) is 18.2 Å². The van der Waals surface area contributed by atoms with Crippen molar-refractivity contribution in [2.24, 2.45) is 5.92 Å². The first kappa shape index (κ1) is 17.4. The van der Waals surface area contributed by atoms with Gasteiger partial charge in [-0.05, 0) is 24.8 Å². The largest absolute Gasteiger partial charge is 0.480 e. The molecule has 2 unspecified atom stereocenters. The predicted molar refractivity (Wildman–Crippen MR) is 89.7 cm³/mol. The summed E-state index contributed by atoms with van der Waals surface area (Å²) in [5.41, 5.74) is 0.863. The van der Waals surface area contributed by atoms with Gasteiger partial charge in [-0.1, -0.05) is 11.6 Å². The van der Waals surface area contributed by atoms with Crippen molar-refractivity contribution in [1.82, 2.24) is 9.88 Å². The van der Waals surface area contributed by atoms with Gasteiger partial charge in [-0.15, -0.1) is 0 Å². The van der Waals surface area contributed by atoms with Crippen LogP contribution in [0.3, 0.4) is 0 Å². The third kappa shape index (κ3) is 2.87. The van der Waals surface area contributed by atoms with Gasteiger partial charge in [-0.3, -0.25) is 4.90 Å². The molecule has 3 fully saturated rings. The average molecular weight is 383 g/mol. The van der Waals surface area contributed by atoms with Crippen molar-refractivity contribution in [3.8, 4) is 5.88 Å². The number of ether oxygens (including phenoxy) is 2. The number of pyridine rings is 1. The number of likely N-dealkylation sites (tertiary alicyclic amines) is 1. The predicted octanol–water partition coefficient (Wildman–Crippen LogP) is 2.00. The molecule has 1 aromatic rings. The maximum Gasteiger partial charge on any atom is 0.408 e. The lowest BCUT2D eigenvalue weighted by molar-refractivity contribution is -0.141. The highest BCUT2D eigenvalue weighted by Gasteiger charge is 2.58. The fourth-order valence-corrected chi connectivity index (χ4v) is 4.37. The highest BCUT2D eigenvalue weighted by molar-refractivity contribution is 6.30. The van der Waals surface area contributed by atoms with Crippen molar-refractivity contribution in [3.63, 3.8) is 0 Å². The zero-order chi connectivity index (χ0) is 18.5. The third-order valence-corrected chi connectivity index (χ3v) is 5.88. The molecule has 0 bridgehead atoms. The normalized spacial score (nSPS) is 32.8. The van der Waals surface area contributed by atoms with Gasteiger partial charge >= 0.3 is 12.1 Å². The molecule has 1 aromatic heterocycles. The van der Waals surface area contributed by atoms with Gasteiger partial charge in [-0.25, -0.2) is 14.6 Å². The Hall–Kier alpha value is -2.06. The molecule has 8 nitrogen and oxygen atoms in total. The minimum atomic E-state index is -1.27. The third-order valence-electron chi connectivity index (χ3n) is 5.67. The standard InChI is InChI=1S/C17H19ClN2O6/c18-10-3-12(17-1-2-25-8-9(17)5-17)14(19-6-10)26-11-4-13(15(21)22)20(7-11)16(23)24/h3,6,9,11,13H,1-2,4-5,7-8H2,(H,21,22)(H,23,24)/t9?,11-,13-,17?/m0/s1. The molecule has 0 aromatic carbocycles. The lowest BCUT2D eigenvalue weighted by Gasteiger charge is -2.25. The number of hydrogen-bond acceptors (Lipinski definition) is 5. The number of carboxylic acid groups (broad SMARTS) is 2. The van der Waals surface area contributed by atoms with E-state index < -0.39 is 24.2 Å². The highest BCUT2D eigenvalue weighted by Crippen LogP contribution is 2.60. The Morgan fingerprint density at radius 1 is 1.42 bits per heavy atom. The number of halogens is 1. The van der Waals surface area contributed by atoms with E-state index in [1.54, 1.807) is 0 Å². The Labute approximate surface area is 154 Å². The first-order valence-corrected chi connectivity index (χ1v) is 8.91. The van der Waals surface area contributed by atoms with Crippen LogP contribution in [-0.4, -0.2) is 64.1 Å². The number of carboxylic acids is 1. The van der Waals surface area contributed by atoms with Crippen LogP contribution in [0.2, 0.25) is 5.02 Å². The van der Waals surface area contributed by atoms with E-state index in [1.165, 1.54) is 6.20 Å². The van der Waals surface area contributed by atoms with Crippen LogP contribution in [0.4, 0.5) is 4.79 Å². The molecule has 2 aliphatic heterocycles. The van der Waals surface area contributed by atoms with Crippen LogP contribution in [0.5, 0.6) is 5.88 Å². The molecule has 1 aliphatic carbocycles. The topological polar surface area (TPSA) is 109 Å². The Balaban J connectivity index is 1.58. The molecule has 4 atom stereocenters. The second-order valence-corrected chi connectivity index (χ2v) is 7.59. The summed E-state index contributed by atoms with van der Waals surface area (Å²) in [5.74, 6) is -0.349.